The number of hydrogen-bond donors (Lipinski definition) is 3. The molecule has 2 aliphatic heterocycles. The molecular weight excluding hydrogens is 393 g/mol. The Labute approximate surface area is 178 Å². The first-order valence-corrected chi connectivity index (χ1v) is 8.98. The molecule has 1 saturated heterocycles. The van der Waals surface area contributed by atoms with Crippen molar-refractivity contribution >= 4 is 46.6 Å². The fourth-order valence-electron chi connectivity index (χ4n) is 2.62. The van der Waals surface area contributed by atoms with Gasteiger partial charge in [0.15, 0.2) is 5.71 Å². The van der Waals surface area contributed by atoms with Gasteiger partial charge in [0.25, 0.3) is 11.8 Å². The Morgan fingerprint density at radius 2 is 2.19 bits per heavy atom. The van der Waals surface area contributed by atoms with Crippen molar-refractivity contribution in [2.24, 2.45) is 5.16 Å². The molecule has 9 nitrogen and oxygen atoms in total. The fourth-order valence-corrected chi connectivity index (χ4v) is 4.66. The van der Waals surface area contributed by atoms with Gasteiger partial charge in [-0.05, 0) is 17.0 Å². The Balaban J connectivity index is 0.00000243. The summed E-state index contributed by atoms with van der Waals surface area (Å²) in [7, 11) is 0. The molecular formula is C14H12N3NaO6S2. The zero-order chi connectivity index (χ0) is 18.1. The number of nitrogens with one attached hydrogen (secondary N) is 1. The molecule has 1 aromatic heterocycles. The van der Waals surface area contributed by atoms with Crippen molar-refractivity contribution in [3.8, 4) is 0 Å². The van der Waals surface area contributed by atoms with E-state index in [9.17, 15) is 24.6 Å². The van der Waals surface area contributed by atoms with E-state index in [0.29, 0.717) is 4.88 Å². The molecule has 0 unspecified atom stereocenters. The number of carboxylic acid groups (broad SMARTS) is 1. The smallest absolute Gasteiger partial charge is 0.543 e. The number of thioether (sulfide) groups is 1. The van der Waals surface area contributed by atoms with Crippen LogP contribution in [-0.2, 0) is 14.4 Å². The number of carbonyl (C=O) groups is 3. The van der Waals surface area contributed by atoms with Gasteiger partial charge >= 0.3 is 29.6 Å². The van der Waals surface area contributed by atoms with Crippen LogP contribution in [0.4, 0.5) is 0 Å². The topological polar surface area (TPSA) is 142 Å². The molecule has 0 radical (unpaired) electrons. The zero-order valence-electron chi connectivity index (χ0n) is 13.5. The van der Waals surface area contributed by atoms with Crippen molar-refractivity contribution in [3.63, 3.8) is 0 Å². The molecule has 3 rings (SSSR count). The number of amides is 2. The Bertz CT molecular complexity index is 795. The molecule has 3 N–H and O–H groups in total. The van der Waals surface area contributed by atoms with Crippen LogP contribution in [-0.4, -0.2) is 62.5 Å². The van der Waals surface area contributed by atoms with Gasteiger partial charge in [0.1, 0.15) is 11.4 Å². The number of hydrogen-bond acceptors (Lipinski definition) is 9. The summed E-state index contributed by atoms with van der Waals surface area (Å²) in [6.07, 6.45) is 0. The second-order valence-electron chi connectivity index (χ2n) is 5.18. The van der Waals surface area contributed by atoms with Gasteiger partial charge in [0.2, 0.25) is 0 Å². The van der Waals surface area contributed by atoms with E-state index in [-0.39, 0.29) is 52.3 Å². The van der Waals surface area contributed by atoms with Crippen molar-refractivity contribution in [2.75, 3.05) is 12.4 Å². The SMILES string of the molecule is O=C([O-])C1=C(CO)CS[C@@H]2[C@H](NC(=O)C(=NO)c3cccs3)C(=O)N12.[Na+]. The van der Waals surface area contributed by atoms with E-state index in [1.165, 1.54) is 23.1 Å². The Hall–Kier alpha value is -1.37. The Morgan fingerprint density at radius 3 is 2.73 bits per heavy atom. The molecule has 132 valence electrons. The third kappa shape index (κ3) is 3.55. The van der Waals surface area contributed by atoms with E-state index in [2.05, 4.69) is 10.5 Å². The number of oxime groups is 1. The number of nitrogens with zero attached hydrogens (tertiary/aromatic N) is 2. The first-order chi connectivity index (χ1) is 12.0. The molecule has 2 amide bonds. The monoisotopic (exact) mass is 405 g/mol. The Morgan fingerprint density at radius 1 is 1.46 bits per heavy atom. The molecule has 26 heavy (non-hydrogen) atoms. The summed E-state index contributed by atoms with van der Waals surface area (Å²) in [6, 6.07) is 2.32. The fraction of sp³-hybridized carbons (Fsp3) is 0.286. The van der Waals surface area contributed by atoms with Crippen molar-refractivity contribution in [2.45, 2.75) is 11.4 Å². The summed E-state index contributed by atoms with van der Waals surface area (Å²) in [6.45, 7) is -0.496. The number of aliphatic hydroxyl groups is 1. The summed E-state index contributed by atoms with van der Waals surface area (Å²) >= 11 is 2.41. The number of carbonyl (C=O) groups excluding carboxylic acids is 3. The molecule has 1 aromatic rings. The molecule has 1 fully saturated rings. The maximum absolute atomic E-state index is 12.3. The largest absolute Gasteiger partial charge is 1.00 e. The molecule has 0 aliphatic carbocycles. The second kappa shape index (κ2) is 8.55. The molecule has 0 aromatic carbocycles. The average Bonchev–Trinajstić information content (AvgIpc) is 3.12. The van der Waals surface area contributed by atoms with Gasteiger partial charge in [-0.1, -0.05) is 11.2 Å². The van der Waals surface area contributed by atoms with Gasteiger partial charge in [0.05, 0.1) is 23.2 Å². The summed E-state index contributed by atoms with van der Waals surface area (Å²) in [4.78, 5) is 37.3. The maximum Gasteiger partial charge on any atom is 1.00 e. The Kier molecular flexibility index (Phi) is 6.88. The van der Waals surface area contributed by atoms with Gasteiger partial charge in [0, 0.05) is 5.75 Å². The van der Waals surface area contributed by atoms with Crippen LogP contribution in [0.25, 0.3) is 0 Å². The van der Waals surface area contributed by atoms with Gasteiger partial charge in [-0.3, -0.25) is 14.5 Å². The van der Waals surface area contributed by atoms with Gasteiger partial charge in [-0.25, -0.2) is 0 Å². The molecule has 2 aliphatic rings. The number of aliphatic hydroxyl groups excluding tert-OH is 1. The molecule has 2 atom stereocenters. The van der Waals surface area contributed by atoms with E-state index < -0.39 is 35.8 Å². The number of β-lactam (4-membered cyclic amide) rings is 1. The molecule has 0 bridgehead atoms. The summed E-state index contributed by atoms with van der Waals surface area (Å²) in [5, 5.41) is 36.1. The van der Waals surface area contributed by atoms with Gasteiger partial charge in [-0.15, -0.1) is 23.1 Å². The van der Waals surface area contributed by atoms with Gasteiger partial charge < -0.3 is 25.5 Å². The average molecular weight is 405 g/mol. The minimum atomic E-state index is -1.55. The molecule has 12 heteroatoms. The minimum absolute atomic E-state index is 0. The van der Waals surface area contributed by atoms with Gasteiger partial charge in [-0.2, -0.15) is 0 Å². The van der Waals surface area contributed by atoms with E-state index in [1.54, 1.807) is 17.5 Å². The predicted molar refractivity (Wildman–Crippen MR) is 86.8 cm³/mol. The second-order valence-corrected chi connectivity index (χ2v) is 7.24. The van der Waals surface area contributed by atoms with Crippen molar-refractivity contribution < 1.29 is 59.4 Å². The summed E-state index contributed by atoms with van der Waals surface area (Å²) < 4.78 is 0. The van der Waals surface area contributed by atoms with Crippen molar-refractivity contribution in [3.05, 3.63) is 33.7 Å². The van der Waals surface area contributed by atoms with E-state index in [4.69, 9.17) is 5.21 Å². The van der Waals surface area contributed by atoms with E-state index >= 15 is 0 Å². The quantitative estimate of drug-likeness (QED) is 0.147. The number of carboxylic acids is 1. The molecule has 3 heterocycles. The first-order valence-electron chi connectivity index (χ1n) is 7.05. The molecule has 0 spiro atoms. The normalized spacial score (nSPS) is 22.3. The van der Waals surface area contributed by atoms with Crippen LogP contribution in [0.1, 0.15) is 4.88 Å². The van der Waals surface area contributed by atoms with Crippen LogP contribution in [0, 0.1) is 0 Å². The van der Waals surface area contributed by atoms with E-state index in [0.717, 1.165) is 4.90 Å². The van der Waals surface area contributed by atoms with Crippen LogP contribution in [0.5, 0.6) is 0 Å². The van der Waals surface area contributed by atoms with Crippen LogP contribution < -0.4 is 40.0 Å². The first kappa shape index (κ1) is 20.9. The zero-order valence-corrected chi connectivity index (χ0v) is 17.2. The number of aliphatic carboxylic acids is 1. The van der Waals surface area contributed by atoms with E-state index in [1.807, 2.05) is 0 Å². The molecule has 0 saturated carbocycles. The van der Waals surface area contributed by atoms with Crippen LogP contribution in [0.15, 0.2) is 33.9 Å². The predicted octanol–water partition coefficient (Wildman–Crippen LogP) is -4.67. The third-order valence-electron chi connectivity index (χ3n) is 3.79. The third-order valence-corrected chi connectivity index (χ3v) is 6.00. The minimum Gasteiger partial charge on any atom is -0.543 e. The maximum atomic E-state index is 12.3. The van der Waals surface area contributed by atoms with Crippen LogP contribution >= 0.6 is 23.1 Å². The number of thiophene rings is 1. The van der Waals surface area contributed by atoms with Crippen LogP contribution in [0.2, 0.25) is 0 Å². The van der Waals surface area contributed by atoms with Crippen LogP contribution in [0.3, 0.4) is 0 Å². The summed E-state index contributed by atoms with van der Waals surface area (Å²) in [5.74, 6) is -2.72. The standard InChI is InChI=1S/C14H13N3O6S2.Na/c18-4-6-5-25-13-9(12(20)17(13)10(6)14(21)22)15-11(19)8(16-23)7-2-1-3-24-7;/h1-3,9,13,18,23H,4-5H2,(H,15,19)(H,21,22);/q;+1/p-1/t9-,13-;/m1./s1. The van der Waals surface area contributed by atoms with Crippen molar-refractivity contribution in [1.29, 1.82) is 0 Å². The van der Waals surface area contributed by atoms with Crippen molar-refractivity contribution in [1.82, 2.24) is 10.2 Å². The number of fused-ring (bicyclic) bond motifs is 1. The summed E-state index contributed by atoms with van der Waals surface area (Å²) in [5.41, 5.74) is -0.389. The number of rotatable bonds is 5.